The van der Waals surface area contributed by atoms with Crippen LogP contribution < -0.4 is 5.56 Å². The molecule has 1 N–H and O–H groups in total. The van der Waals surface area contributed by atoms with Gasteiger partial charge in [-0.2, -0.15) is 0 Å². The Balaban J connectivity index is 1.92. The highest BCUT2D eigenvalue weighted by molar-refractivity contribution is 6.12. The molecule has 5 rings (SSSR count). The van der Waals surface area contributed by atoms with Crippen LogP contribution >= 0.6 is 0 Å². The minimum Gasteiger partial charge on any atom is -0.290 e. The Bertz CT molecular complexity index is 1270. The second-order valence-corrected chi connectivity index (χ2v) is 5.67. The summed E-state index contributed by atoms with van der Waals surface area (Å²) in [5.74, 6) is 0. The van der Waals surface area contributed by atoms with Gasteiger partial charge in [-0.05, 0) is 36.4 Å². The number of rotatable bonds is 1. The van der Waals surface area contributed by atoms with E-state index in [0.29, 0.717) is 5.39 Å². The molecule has 5 nitrogen and oxygen atoms in total. The molecule has 5 aromatic rings. The van der Waals surface area contributed by atoms with Crippen LogP contribution in [0, 0.1) is 0 Å². The molecule has 24 heavy (non-hydrogen) atoms. The molecule has 0 aliphatic carbocycles. The third kappa shape index (κ3) is 1.72. The standard InChI is InChI=1S/C19H12N4O/c24-19-15-11-21-17-13-7-4-10-20-16(13)9-8-14(17)18(15)22-23(19)12-5-2-1-3-6-12/h1-11,22H. The highest BCUT2D eigenvalue weighted by atomic mass is 16.1. The van der Waals surface area contributed by atoms with Gasteiger partial charge in [-0.3, -0.25) is 19.9 Å². The predicted molar refractivity (Wildman–Crippen MR) is 94.5 cm³/mol. The largest absolute Gasteiger partial charge is 0.290 e. The monoisotopic (exact) mass is 312 g/mol. The summed E-state index contributed by atoms with van der Waals surface area (Å²) < 4.78 is 1.55. The van der Waals surface area contributed by atoms with Crippen molar-refractivity contribution in [2.45, 2.75) is 0 Å². The number of aromatic amines is 1. The quantitative estimate of drug-likeness (QED) is 0.482. The summed E-state index contributed by atoms with van der Waals surface area (Å²) in [6, 6.07) is 17.3. The third-order valence-electron chi connectivity index (χ3n) is 4.29. The van der Waals surface area contributed by atoms with Crippen molar-refractivity contribution < 1.29 is 0 Å². The van der Waals surface area contributed by atoms with Gasteiger partial charge in [0.25, 0.3) is 5.56 Å². The second-order valence-electron chi connectivity index (χ2n) is 5.67. The average Bonchev–Trinajstić information content (AvgIpc) is 2.99. The first-order valence-electron chi connectivity index (χ1n) is 7.65. The summed E-state index contributed by atoms with van der Waals surface area (Å²) >= 11 is 0. The molecular formula is C19H12N4O. The van der Waals surface area contributed by atoms with Crippen LogP contribution in [-0.4, -0.2) is 19.7 Å². The van der Waals surface area contributed by atoms with Crippen molar-refractivity contribution in [1.82, 2.24) is 19.7 Å². The minimum absolute atomic E-state index is 0.100. The van der Waals surface area contributed by atoms with Crippen molar-refractivity contribution >= 4 is 32.7 Å². The first-order valence-corrected chi connectivity index (χ1v) is 7.65. The molecule has 0 unspecified atom stereocenters. The van der Waals surface area contributed by atoms with Crippen molar-refractivity contribution in [2.75, 3.05) is 0 Å². The highest BCUT2D eigenvalue weighted by Gasteiger charge is 2.13. The van der Waals surface area contributed by atoms with E-state index in [1.807, 2.05) is 54.6 Å². The molecule has 114 valence electrons. The number of hydrogen-bond donors (Lipinski definition) is 1. The van der Waals surface area contributed by atoms with Gasteiger partial charge in [-0.25, -0.2) is 4.68 Å². The maximum atomic E-state index is 12.7. The molecule has 0 radical (unpaired) electrons. The van der Waals surface area contributed by atoms with Gasteiger partial charge < -0.3 is 0 Å². The van der Waals surface area contributed by atoms with E-state index in [1.165, 1.54) is 0 Å². The fraction of sp³-hybridized carbons (Fsp3) is 0. The van der Waals surface area contributed by atoms with Crippen LogP contribution in [0.4, 0.5) is 0 Å². The van der Waals surface area contributed by atoms with Crippen molar-refractivity contribution in [3.05, 3.63) is 77.3 Å². The van der Waals surface area contributed by atoms with Crippen LogP contribution in [0.25, 0.3) is 38.4 Å². The summed E-state index contributed by atoms with van der Waals surface area (Å²) in [4.78, 5) is 21.6. The number of H-pyrrole nitrogens is 1. The number of nitrogens with one attached hydrogen (secondary N) is 1. The third-order valence-corrected chi connectivity index (χ3v) is 4.29. The van der Waals surface area contributed by atoms with E-state index >= 15 is 0 Å². The van der Waals surface area contributed by atoms with Gasteiger partial charge in [0.2, 0.25) is 0 Å². The van der Waals surface area contributed by atoms with Gasteiger partial charge in [-0.15, -0.1) is 0 Å². The maximum Gasteiger partial charge on any atom is 0.280 e. The van der Waals surface area contributed by atoms with E-state index in [1.54, 1.807) is 17.1 Å². The lowest BCUT2D eigenvalue weighted by atomic mass is 10.1. The molecule has 0 spiro atoms. The first kappa shape index (κ1) is 13.0. The molecule has 0 bridgehead atoms. The Morgan fingerprint density at radius 2 is 1.71 bits per heavy atom. The van der Waals surface area contributed by atoms with E-state index in [0.717, 1.165) is 33.0 Å². The maximum absolute atomic E-state index is 12.7. The lowest BCUT2D eigenvalue weighted by Gasteiger charge is -2.03. The van der Waals surface area contributed by atoms with Crippen molar-refractivity contribution in [3.63, 3.8) is 0 Å². The molecule has 0 fully saturated rings. The van der Waals surface area contributed by atoms with Gasteiger partial charge >= 0.3 is 0 Å². The summed E-state index contributed by atoms with van der Waals surface area (Å²) in [5, 5.41) is 5.70. The van der Waals surface area contributed by atoms with E-state index in [2.05, 4.69) is 15.1 Å². The lowest BCUT2D eigenvalue weighted by molar-refractivity contribution is 0.864. The molecule has 3 aromatic heterocycles. The molecule has 3 heterocycles. The second kappa shape index (κ2) is 4.76. The number of para-hydroxylation sites is 1. The van der Waals surface area contributed by atoms with Crippen molar-refractivity contribution in [2.24, 2.45) is 0 Å². The van der Waals surface area contributed by atoms with Gasteiger partial charge in [0.15, 0.2) is 0 Å². The Morgan fingerprint density at radius 1 is 0.833 bits per heavy atom. The van der Waals surface area contributed by atoms with E-state index < -0.39 is 0 Å². The predicted octanol–water partition coefficient (Wildman–Crippen LogP) is 3.42. The van der Waals surface area contributed by atoms with Gasteiger partial charge in [0.05, 0.1) is 27.6 Å². The highest BCUT2D eigenvalue weighted by Crippen LogP contribution is 2.26. The summed E-state index contributed by atoms with van der Waals surface area (Å²) in [6.07, 6.45) is 3.41. The Morgan fingerprint density at radius 3 is 2.58 bits per heavy atom. The molecule has 0 atom stereocenters. The zero-order valence-corrected chi connectivity index (χ0v) is 12.6. The number of pyridine rings is 2. The SMILES string of the molecule is O=c1c2cnc3c4cccnc4ccc3c2[nH]n1-c1ccccc1. The zero-order chi connectivity index (χ0) is 16.1. The molecule has 5 heteroatoms. The molecule has 0 aliphatic heterocycles. The number of nitrogens with zero attached hydrogens (tertiary/aromatic N) is 3. The Hall–Kier alpha value is -3.47. The molecule has 0 saturated carbocycles. The minimum atomic E-state index is -0.100. The lowest BCUT2D eigenvalue weighted by Crippen LogP contribution is -2.13. The number of fused-ring (bicyclic) bond motifs is 5. The Labute approximate surface area is 136 Å². The fourth-order valence-electron chi connectivity index (χ4n) is 3.14. The summed E-state index contributed by atoms with van der Waals surface area (Å²) in [6.45, 7) is 0. The van der Waals surface area contributed by atoms with E-state index in [4.69, 9.17) is 0 Å². The Kier molecular flexibility index (Phi) is 2.58. The van der Waals surface area contributed by atoms with Crippen LogP contribution in [0.5, 0.6) is 0 Å². The molecule has 0 amide bonds. The fourth-order valence-corrected chi connectivity index (χ4v) is 3.14. The normalized spacial score (nSPS) is 11.5. The molecule has 0 saturated heterocycles. The number of hydrogen-bond acceptors (Lipinski definition) is 3. The van der Waals surface area contributed by atoms with Gasteiger partial charge in [-0.1, -0.05) is 18.2 Å². The van der Waals surface area contributed by atoms with Gasteiger partial charge in [0, 0.05) is 23.2 Å². The van der Waals surface area contributed by atoms with Crippen LogP contribution in [0.1, 0.15) is 0 Å². The van der Waals surface area contributed by atoms with E-state index in [9.17, 15) is 4.79 Å². The summed E-state index contributed by atoms with van der Waals surface area (Å²) in [5.41, 5.74) is 3.22. The number of benzene rings is 2. The smallest absolute Gasteiger partial charge is 0.280 e. The molecular weight excluding hydrogens is 300 g/mol. The first-order chi connectivity index (χ1) is 11.8. The van der Waals surface area contributed by atoms with E-state index in [-0.39, 0.29) is 5.56 Å². The van der Waals surface area contributed by atoms with Crippen LogP contribution in [0.2, 0.25) is 0 Å². The molecule has 2 aromatic carbocycles. The zero-order valence-electron chi connectivity index (χ0n) is 12.6. The van der Waals surface area contributed by atoms with Gasteiger partial charge in [0.1, 0.15) is 0 Å². The van der Waals surface area contributed by atoms with Crippen molar-refractivity contribution in [1.29, 1.82) is 0 Å². The van der Waals surface area contributed by atoms with Crippen LogP contribution in [-0.2, 0) is 0 Å². The summed E-state index contributed by atoms with van der Waals surface area (Å²) in [7, 11) is 0. The van der Waals surface area contributed by atoms with Crippen LogP contribution in [0.15, 0.2) is 71.8 Å². The topological polar surface area (TPSA) is 63.6 Å². The van der Waals surface area contributed by atoms with Crippen LogP contribution in [0.3, 0.4) is 0 Å². The number of aromatic nitrogens is 4. The van der Waals surface area contributed by atoms with Crippen molar-refractivity contribution in [3.8, 4) is 5.69 Å². The average molecular weight is 312 g/mol. The molecule has 0 aliphatic rings.